The van der Waals surface area contributed by atoms with Gasteiger partial charge in [0, 0.05) is 49.1 Å². The molecule has 2 aliphatic heterocycles. The van der Waals surface area contributed by atoms with Gasteiger partial charge in [-0.3, -0.25) is 14.6 Å². The number of fused-ring (bicyclic) bond motifs is 1. The second-order valence-corrected chi connectivity index (χ2v) is 9.23. The molecule has 0 aromatic carbocycles. The molecule has 1 saturated carbocycles. The largest absolute Gasteiger partial charge is 0.348 e. The lowest BCUT2D eigenvalue weighted by atomic mass is 9.88. The van der Waals surface area contributed by atoms with Gasteiger partial charge in [0.15, 0.2) is 0 Å². The van der Waals surface area contributed by atoms with E-state index in [0.29, 0.717) is 18.3 Å². The Bertz CT molecular complexity index is 889. The highest BCUT2D eigenvalue weighted by molar-refractivity contribution is 5.95. The maximum atomic E-state index is 12.9. The van der Waals surface area contributed by atoms with Gasteiger partial charge in [0.25, 0.3) is 0 Å². The number of aromatic amines is 1. The quantitative estimate of drug-likeness (QED) is 0.821. The van der Waals surface area contributed by atoms with Crippen LogP contribution in [0.2, 0.25) is 0 Å². The molecular formula is C23H32N6O. The van der Waals surface area contributed by atoms with E-state index in [1.54, 1.807) is 6.20 Å². The van der Waals surface area contributed by atoms with Crippen molar-refractivity contribution in [3.8, 4) is 0 Å². The van der Waals surface area contributed by atoms with Crippen molar-refractivity contribution >= 4 is 11.7 Å². The van der Waals surface area contributed by atoms with Crippen molar-refractivity contribution in [2.45, 2.75) is 70.8 Å². The fraction of sp³-hybridized carbons (Fsp3) is 0.652. The van der Waals surface area contributed by atoms with Gasteiger partial charge in [0.05, 0.1) is 6.54 Å². The number of carbonyl (C=O) groups excluding carboxylic acids is 1. The number of H-pyrrole nitrogens is 1. The molecule has 1 aliphatic carbocycles. The van der Waals surface area contributed by atoms with E-state index in [0.717, 1.165) is 62.2 Å². The van der Waals surface area contributed by atoms with Gasteiger partial charge in [-0.2, -0.15) is 0 Å². The maximum absolute atomic E-state index is 12.9. The van der Waals surface area contributed by atoms with Gasteiger partial charge in [-0.05, 0) is 45.1 Å². The summed E-state index contributed by atoms with van der Waals surface area (Å²) in [4.78, 5) is 34.7. The summed E-state index contributed by atoms with van der Waals surface area (Å²) >= 11 is 0. The molecular weight excluding hydrogens is 376 g/mol. The predicted molar refractivity (Wildman–Crippen MR) is 115 cm³/mol. The molecule has 1 saturated heterocycles. The van der Waals surface area contributed by atoms with E-state index in [2.05, 4.69) is 21.8 Å². The van der Waals surface area contributed by atoms with E-state index in [1.807, 2.05) is 11.1 Å². The Hall–Kier alpha value is -2.28. The van der Waals surface area contributed by atoms with Crippen LogP contribution in [0, 0.1) is 12.8 Å². The van der Waals surface area contributed by atoms with Crippen LogP contribution < -0.4 is 4.90 Å². The number of nitrogens with zero attached hydrogens (tertiary/aromatic N) is 5. The lowest BCUT2D eigenvalue weighted by Gasteiger charge is -2.33. The topological polar surface area (TPSA) is 78.0 Å². The van der Waals surface area contributed by atoms with Crippen LogP contribution in [-0.4, -0.2) is 50.4 Å². The summed E-state index contributed by atoms with van der Waals surface area (Å²) in [6.45, 7) is 5.72. The number of likely N-dealkylation sites (tertiary alicyclic amines) is 1. The Balaban J connectivity index is 1.36. The number of aryl methyl sites for hydroxylation is 1. The van der Waals surface area contributed by atoms with Gasteiger partial charge >= 0.3 is 0 Å². The molecule has 5 rings (SSSR count). The monoisotopic (exact) mass is 408 g/mol. The molecule has 7 nitrogen and oxygen atoms in total. The Labute approximate surface area is 178 Å². The minimum Gasteiger partial charge on any atom is -0.348 e. The minimum atomic E-state index is 0.239. The fourth-order valence-electron chi connectivity index (χ4n) is 5.39. The summed E-state index contributed by atoms with van der Waals surface area (Å²) in [6, 6.07) is 0. The van der Waals surface area contributed by atoms with Crippen LogP contribution in [0.25, 0.3) is 0 Å². The number of hydrogen-bond acceptors (Lipinski definition) is 5. The van der Waals surface area contributed by atoms with E-state index < -0.39 is 0 Å². The fourth-order valence-corrected chi connectivity index (χ4v) is 5.39. The summed E-state index contributed by atoms with van der Waals surface area (Å²) in [6.07, 6.45) is 12.5. The standard InChI is InChI=1S/C23H32N6O/c1-16-19-7-8-21(30)29(13-17-5-3-2-4-6-17)23(19)27-22(26-16)18-9-12-28(14-18)15-20-24-10-11-25-20/h10-11,17-18H,2-9,12-15H2,1H3,(H,24,25)/t18-/m1/s1. The van der Waals surface area contributed by atoms with Crippen LogP contribution in [0.3, 0.4) is 0 Å². The zero-order valence-electron chi connectivity index (χ0n) is 17.9. The first-order valence-electron chi connectivity index (χ1n) is 11.6. The average Bonchev–Trinajstić information content (AvgIpc) is 3.43. The molecule has 0 unspecified atom stereocenters. The number of anilines is 1. The van der Waals surface area contributed by atoms with Gasteiger partial charge in [-0.1, -0.05) is 19.3 Å². The molecule has 0 spiro atoms. The molecule has 2 fully saturated rings. The zero-order valence-corrected chi connectivity index (χ0v) is 17.9. The summed E-state index contributed by atoms with van der Waals surface area (Å²) in [5.74, 6) is 3.99. The SMILES string of the molecule is Cc1nc([C@@H]2CCN(Cc3ncc[nH]3)C2)nc2c1CCC(=O)N2CC1CCCCC1. The van der Waals surface area contributed by atoms with Crippen molar-refractivity contribution in [3.05, 3.63) is 35.3 Å². The Kier molecular flexibility index (Phi) is 5.54. The van der Waals surface area contributed by atoms with Crippen molar-refractivity contribution in [2.24, 2.45) is 5.92 Å². The molecule has 0 radical (unpaired) electrons. The lowest BCUT2D eigenvalue weighted by Crippen LogP contribution is -2.40. The number of amides is 1. The molecule has 30 heavy (non-hydrogen) atoms. The van der Waals surface area contributed by atoms with Crippen molar-refractivity contribution in [3.63, 3.8) is 0 Å². The van der Waals surface area contributed by atoms with Gasteiger partial charge in [-0.15, -0.1) is 0 Å². The molecule has 4 heterocycles. The molecule has 0 bridgehead atoms. The molecule has 1 amide bonds. The molecule has 1 N–H and O–H groups in total. The highest BCUT2D eigenvalue weighted by atomic mass is 16.2. The first kappa shape index (κ1) is 19.7. The number of carbonyl (C=O) groups is 1. The second kappa shape index (κ2) is 8.46. The third-order valence-electron chi connectivity index (χ3n) is 7.09. The number of hydrogen-bond donors (Lipinski definition) is 1. The van der Waals surface area contributed by atoms with E-state index in [9.17, 15) is 4.79 Å². The third-order valence-corrected chi connectivity index (χ3v) is 7.09. The van der Waals surface area contributed by atoms with Crippen LogP contribution in [0.1, 0.15) is 73.8 Å². The summed E-state index contributed by atoms with van der Waals surface area (Å²) < 4.78 is 0. The molecule has 2 aromatic rings. The van der Waals surface area contributed by atoms with Crippen LogP contribution in [0.4, 0.5) is 5.82 Å². The van der Waals surface area contributed by atoms with E-state index >= 15 is 0 Å². The van der Waals surface area contributed by atoms with Crippen molar-refractivity contribution in [1.82, 2.24) is 24.8 Å². The van der Waals surface area contributed by atoms with Gasteiger partial charge in [0.2, 0.25) is 5.91 Å². The van der Waals surface area contributed by atoms with Gasteiger partial charge < -0.3 is 4.98 Å². The lowest BCUT2D eigenvalue weighted by molar-refractivity contribution is -0.119. The predicted octanol–water partition coefficient (Wildman–Crippen LogP) is 3.36. The molecule has 3 aliphatic rings. The number of rotatable bonds is 5. The average molecular weight is 409 g/mol. The maximum Gasteiger partial charge on any atom is 0.228 e. The first-order valence-corrected chi connectivity index (χ1v) is 11.6. The van der Waals surface area contributed by atoms with Crippen molar-refractivity contribution in [2.75, 3.05) is 24.5 Å². The van der Waals surface area contributed by atoms with Crippen LogP contribution in [0.5, 0.6) is 0 Å². The van der Waals surface area contributed by atoms with Crippen LogP contribution in [-0.2, 0) is 17.8 Å². The van der Waals surface area contributed by atoms with Gasteiger partial charge in [-0.25, -0.2) is 15.0 Å². The van der Waals surface area contributed by atoms with Crippen molar-refractivity contribution in [1.29, 1.82) is 0 Å². The van der Waals surface area contributed by atoms with Gasteiger partial charge in [0.1, 0.15) is 17.5 Å². The highest BCUT2D eigenvalue weighted by Crippen LogP contribution is 2.34. The van der Waals surface area contributed by atoms with Crippen LogP contribution >= 0.6 is 0 Å². The second-order valence-electron chi connectivity index (χ2n) is 9.23. The zero-order chi connectivity index (χ0) is 20.5. The normalized spacial score (nSPS) is 23.2. The number of aromatic nitrogens is 4. The minimum absolute atomic E-state index is 0.239. The van der Waals surface area contributed by atoms with E-state index in [1.165, 1.54) is 37.7 Å². The molecule has 1 atom stereocenters. The van der Waals surface area contributed by atoms with Crippen LogP contribution in [0.15, 0.2) is 12.4 Å². The highest BCUT2D eigenvalue weighted by Gasteiger charge is 2.33. The number of imidazole rings is 1. The third kappa shape index (κ3) is 4.00. The molecule has 7 heteroatoms. The van der Waals surface area contributed by atoms with Crippen molar-refractivity contribution < 1.29 is 4.79 Å². The summed E-state index contributed by atoms with van der Waals surface area (Å²) in [7, 11) is 0. The molecule has 160 valence electrons. The Morgan fingerprint density at radius 1 is 1.13 bits per heavy atom. The first-order chi connectivity index (χ1) is 14.7. The Morgan fingerprint density at radius 3 is 2.80 bits per heavy atom. The van der Waals surface area contributed by atoms with E-state index in [-0.39, 0.29) is 5.91 Å². The number of nitrogens with one attached hydrogen (secondary N) is 1. The molecule has 2 aromatic heterocycles. The summed E-state index contributed by atoms with van der Waals surface area (Å²) in [5.41, 5.74) is 2.24. The van der Waals surface area contributed by atoms with E-state index in [4.69, 9.17) is 9.97 Å². The Morgan fingerprint density at radius 2 is 2.00 bits per heavy atom. The smallest absolute Gasteiger partial charge is 0.228 e. The summed E-state index contributed by atoms with van der Waals surface area (Å²) in [5, 5.41) is 0.